The largest absolute Gasteiger partial charge is 0.466 e. The molecule has 1 aliphatic rings. The van der Waals surface area contributed by atoms with Crippen molar-refractivity contribution in [2.24, 2.45) is 0 Å². The Bertz CT molecular complexity index is 390. The van der Waals surface area contributed by atoms with Gasteiger partial charge in [0.2, 0.25) is 0 Å². The zero-order valence-corrected chi connectivity index (χ0v) is 13.7. The SMILES string of the molecule is CCOC(=O)CCNC(=S)N1CCCN1C(=O)NC(C)C. The number of carbonyl (C=O) groups is 2. The van der Waals surface area contributed by atoms with E-state index in [1.165, 1.54) is 0 Å². The van der Waals surface area contributed by atoms with E-state index in [4.69, 9.17) is 17.0 Å². The smallest absolute Gasteiger partial charge is 0.336 e. The van der Waals surface area contributed by atoms with Crippen LogP contribution in [-0.2, 0) is 9.53 Å². The third-order valence-corrected chi connectivity index (χ3v) is 3.18. The number of nitrogens with zero attached hydrogens (tertiary/aromatic N) is 2. The molecule has 1 rings (SSSR count). The molecular formula is C13H24N4O3S. The molecule has 0 spiro atoms. The minimum atomic E-state index is -0.261. The van der Waals surface area contributed by atoms with Crippen molar-refractivity contribution in [3.8, 4) is 0 Å². The van der Waals surface area contributed by atoms with Crippen LogP contribution in [0.25, 0.3) is 0 Å². The third-order valence-electron chi connectivity index (χ3n) is 2.82. The van der Waals surface area contributed by atoms with Gasteiger partial charge >= 0.3 is 12.0 Å². The number of esters is 1. The summed E-state index contributed by atoms with van der Waals surface area (Å²) >= 11 is 5.28. The summed E-state index contributed by atoms with van der Waals surface area (Å²) in [5, 5.41) is 9.62. The molecule has 7 nitrogen and oxygen atoms in total. The van der Waals surface area contributed by atoms with Crippen LogP contribution >= 0.6 is 12.2 Å². The molecular weight excluding hydrogens is 292 g/mol. The third kappa shape index (κ3) is 5.74. The summed E-state index contributed by atoms with van der Waals surface area (Å²) < 4.78 is 4.84. The monoisotopic (exact) mass is 316 g/mol. The summed E-state index contributed by atoms with van der Waals surface area (Å²) in [5.41, 5.74) is 0. The molecule has 0 unspecified atom stereocenters. The van der Waals surface area contributed by atoms with Gasteiger partial charge in [0.05, 0.1) is 13.0 Å². The van der Waals surface area contributed by atoms with Gasteiger partial charge in [0.25, 0.3) is 0 Å². The molecule has 8 heteroatoms. The van der Waals surface area contributed by atoms with Gasteiger partial charge < -0.3 is 15.4 Å². The van der Waals surface area contributed by atoms with Crippen LogP contribution < -0.4 is 10.6 Å². The van der Waals surface area contributed by atoms with E-state index in [1.807, 2.05) is 13.8 Å². The lowest BCUT2D eigenvalue weighted by molar-refractivity contribution is -0.142. The summed E-state index contributed by atoms with van der Waals surface area (Å²) in [6, 6.07) is -0.0812. The fraction of sp³-hybridized carbons (Fsp3) is 0.769. The maximum Gasteiger partial charge on any atom is 0.336 e. The molecule has 1 aliphatic heterocycles. The first-order chi connectivity index (χ1) is 9.95. The molecule has 0 aromatic rings. The zero-order valence-electron chi connectivity index (χ0n) is 12.8. The maximum absolute atomic E-state index is 12.0. The first-order valence-electron chi connectivity index (χ1n) is 7.24. The Morgan fingerprint density at radius 2 is 1.95 bits per heavy atom. The first-order valence-corrected chi connectivity index (χ1v) is 7.65. The van der Waals surface area contributed by atoms with E-state index >= 15 is 0 Å². The number of urea groups is 1. The minimum absolute atomic E-state index is 0.0743. The van der Waals surface area contributed by atoms with Crippen molar-refractivity contribution in [2.45, 2.75) is 39.7 Å². The highest BCUT2D eigenvalue weighted by Gasteiger charge is 2.28. The fourth-order valence-corrected chi connectivity index (χ4v) is 2.24. The highest BCUT2D eigenvalue weighted by Crippen LogP contribution is 2.11. The maximum atomic E-state index is 12.0. The second kappa shape index (κ2) is 8.66. The van der Waals surface area contributed by atoms with Gasteiger partial charge in [-0.15, -0.1) is 0 Å². The van der Waals surface area contributed by atoms with Crippen LogP contribution in [-0.4, -0.2) is 59.4 Å². The van der Waals surface area contributed by atoms with Crippen molar-refractivity contribution < 1.29 is 14.3 Å². The highest BCUT2D eigenvalue weighted by atomic mass is 32.1. The quantitative estimate of drug-likeness (QED) is 0.579. The Morgan fingerprint density at radius 1 is 1.29 bits per heavy atom. The summed E-state index contributed by atoms with van der Waals surface area (Å²) in [7, 11) is 0. The second-order valence-electron chi connectivity index (χ2n) is 4.99. The zero-order chi connectivity index (χ0) is 15.8. The van der Waals surface area contributed by atoms with Crippen molar-refractivity contribution in [2.75, 3.05) is 26.2 Å². The average Bonchev–Trinajstić information content (AvgIpc) is 2.87. The van der Waals surface area contributed by atoms with Crippen LogP contribution in [0.1, 0.15) is 33.6 Å². The molecule has 1 heterocycles. The van der Waals surface area contributed by atoms with Gasteiger partial charge in [-0.1, -0.05) is 0 Å². The molecule has 2 N–H and O–H groups in total. The van der Waals surface area contributed by atoms with Crippen LogP contribution in [0.3, 0.4) is 0 Å². The van der Waals surface area contributed by atoms with E-state index in [2.05, 4.69) is 10.6 Å². The number of thiocarbonyl (C=S) groups is 1. The Balaban J connectivity index is 2.41. The number of hydrogen-bond acceptors (Lipinski definition) is 4. The van der Waals surface area contributed by atoms with E-state index in [9.17, 15) is 9.59 Å². The predicted octanol–water partition coefficient (Wildman–Crippen LogP) is 0.855. The van der Waals surface area contributed by atoms with E-state index in [-0.39, 0.29) is 24.5 Å². The number of nitrogens with one attached hydrogen (secondary N) is 2. The lowest BCUT2D eigenvalue weighted by Gasteiger charge is -2.30. The Labute approximate surface area is 130 Å². The van der Waals surface area contributed by atoms with E-state index in [0.29, 0.717) is 31.4 Å². The molecule has 0 radical (unpaired) electrons. The van der Waals surface area contributed by atoms with E-state index in [1.54, 1.807) is 16.9 Å². The van der Waals surface area contributed by atoms with Gasteiger partial charge in [-0.3, -0.25) is 9.80 Å². The van der Waals surface area contributed by atoms with Crippen molar-refractivity contribution in [3.05, 3.63) is 0 Å². The van der Waals surface area contributed by atoms with Gasteiger partial charge in [0.1, 0.15) is 0 Å². The van der Waals surface area contributed by atoms with Crippen LogP contribution in [0.2, 0.25) is 0 Å². The van der Waals surface area contributed by atoms with Crippen molar-refractivity contribution in [1.29, 1.82) is 0 Å². The first kappa shape index (κ1) is 17.5. The fourth-order valence-electron chi connectivity index (χ4n) is 1.95. The standard InChI is InChI=1S/C13H24N4O3S/c1-4-20-11(18)6-7-14-13(21)17-9-5-8-16(17)12(19)15-10(2)3/h10H,4-9H2,1-3H3,(H,14,21)(H,15,19). The number of ether oxygens (including phenoxy) is 1. The van der Waals surface area contributed by atoms with Crippen LogP contribution in [0, 0.1) is 0 Å². The van der Waals surface area contributed by atoms with Gasteiger partial charge in [0.15, 0.2) is 5.11 Å². The van der Waals surface area contributed by atoms with Crippen molar-refractivity contribution in [3.63, 3.8) is 0 Å². The molecule has 0 aromatic carbocycles. The number of rotatable bonds is 5. The summed E-state index contributed by atoms with van der Waals surface area (Å²) in [6.45, 7) is 7.69. The van der Waals surface area contributed by atoms with Crippen molar-refractivity contribution in [1.82, 2.24) is 20.7 Å². The highest BCUT2D eigenvalue weighted by molar-refractivity contribution is 7.80. The molecule has 0 saturated carbocycles. The number of hydrogen-bond donors (Lipinski definition) is 2. The van der Waals surface area contributed by atoms with Gasteiger partial charge in [-0.05, 0) is 39.4 Å². The van der Waals surface area contributed by atoms with Crippen molar-refractivity contribution >= 4 is 29.3 Å². The molecule has 2 amide bonds. The molecule has 1 saturated heterocycles. The molecule has 0 aromatic heterocycles. The summed E-state index contributed by atoms with van der Waals surface area (Å²) in [4.78, 5) is 23.3. The molecule has 21 heavy (non-hydrogen) atoms. The number of amides is 2. The van der Waals surface area contributed by atoms with Crippen LogP contribution in [0.5, 0.6) is 0 Å². The van der Waals surface area contributed by atoms with Gasteiger partial charge in [-0.2, -0.15) is 0 Å². The lowest BCUT2D eigenvalue weighted by atomic mass is 10.4. The molecule has 1 fully saturated rings. The van der Waals surface area contributed by atoms with Crippen LogP contribution in [0.4, 0.5) is 4.79 Å². The second-order valence-corrected chi connectivity index (χ2v) is 5.38. The number of hydrazine groups is 1. The summed E-state index contributed by atoms with van der Waals surface area (Å²) in [5.74, 6) is -0.261. The van der Waals surface area contributed by atoms with E-state index in [0.717, 1.165) is 6.42 Å². The average molecular weight is 316 g/mol. The normalized spacial score (nSPS) is 14.3. The topological polar surface area (TPSA) is 73.9 Å². The minimum Gasteiger partial charge on any atom is -0.466 e. The Morgan fingerprint density at radius 3 is 2.57 bits per heavy atom. The van der Waals surface area contributed by atoms with Gasteiger partial charge in [-0.25, -0.2) is 9.80 Å². The summed E-state index contributed by atoms with van der Waals surface area (Å²) in [6.07, 6.45) is 1.12. The molecule has 0 aliphatic carbocycles. The molecule has 120 valence electrons. The Kier molecular flexibility index (Phi) is 7.21. The van der Waals surface area contributed by atoms with Gasteiger partial charge in [0, 0.05) is 25.7 Å². The Hall–Kier alpha value is -1.57. The van der Waals surface area contributed by atoms with Crippen LogP contribution in [0.15, 0.2) is 0 Å². The predicted molar refractivity (Wildman–Crippen MR) is 83.5 cm³/mol. The number of carbonyl (C=O) groups excluding carboxylic acids is 2. The molecule has 0 bridgehead atoms. The lowest BCUT2D eigenvalue weighted by Crippen LogP contribution is -2.53. The molecule has 0 atom stereocenters. The van der Waals surface area contributed by atoms with E-state index < -0.39 is 0 Å².